The molecule has 1 fully saturated rings. The molecule has 28 heavy (non-hydrogen) atoms. The van der Waals surface area contributed by atoms with Gasteiger partial charge in [0.2, 0.25) is 0 Å². The van der Waals surface area contributed by atoms with Crippen LogP contribution in [-0.2, 0) is 0 Å². The molecule has 9 heteroatoms. The van der Waals surface area contributed by atoms with Crippen molar-refractivity contribution in [3.05, 3.63) is 46.8 Å². The zero-order valence-corrected chi connectivity index (χ0v) is 15.3. The number of nitriles is 1. The Morgan fingerprint density at radius 2 is 2.18 bits per heavy atom. The van der Waals surface area contributed by atoms with Gasteiger partial charge >= 0.3 is 5.69 Å². The lowest BCUT2D eigenvalue weighted by atomic mass is 9.93. The van der Waals surface area contributed by atoms with Crippen molar-refractivity contribution in [2.75, 3.05) is 18.0 Å². The molecule has 5 rings (SSSR count). The van der Waals surface area contributed by atoms with Crippen LogP contribution in [0.25, 0.3) is 22.1 Å². The third kappa shape index (κ3) is 2.45. The van der Waals surface area contributed by atoms with Gasteiger partial charge in [0.25, 0.3) is 0 Å². The van der Waals surface area contributed by atoms with Crippen LogP contribution in [0.5, 0.6) is 0 Å². The summed E-state index contributed by atoms with van der Waals surface area (Å²) in [7, 11) is 0. The highest BCUT2D eigenvalue weighted by atomic mass is 16.1. The number of hydrogen-bond acceptors (Lipinski definition) is 6. The highest BCUT2D eigenvalue weighted by molar-refractivity contribution is 6.00. The fourth-order valence-corrected chi connectivity index (χ4v) is 4.08. The number of hydrogen-bond donors (Lipinski definition) is 2. The molecule has 2 atom stereocenters. The van der Waals surface area contributed by atoms with Gasteiger partial charge in [0.1, 0.15) is 11.7 Å². The molecular formula is C19H18N8O. The number of piperidine rings is 1. The smallest absolute Gasteiger partial charge is 0.326 e. The summed E-state index contributed by atoms with van der Waals surface area (Å²) in [6.45, 7) is 3.65. The Kier molecular flexibility index (Phi) is 3.65. The van der Waals surface area contributed by atoms with Crippen molar-refractivity contribution in [3.63, 3.8) is 0 Å². The van der Waals surface area contributed by atoms with Gasteiger partial charge in [-0.25, -0.2) is 9.78 Å². The molecule has 1 saturated heterocycles. The summed E-state index contributed by atoms with van der Waals surface area (Å²) in [5, 5.41) is 18.0. The number of aromatic nitrogens is 6. The molecule has 140 valence electrons. The molecule has 1 aliphatic heterocycles. The van der Waals surface area contributed by atoms with Crippen LogP contribution < -0.4 is 10.6 Å². The van der Waals surface area contributed by atoms with E-state index in [-0.39, 0.29) is 11.7 Å². The first-order chi connectivity index (χ1) is 13.7. The van der Waals surface area contributed by atoms with Crippen LogP contribution in [-0.4, -0.2) is 42.8 Å². The molecule has 0 bridgehead atoms. The average molecular weight is 374 g/mol. The van der Waals surface area contributed by atoms with Crippen molar-refractivity contribution in [3.8, 4) is 6.07 Å². The van der Waals surface area contributed by atoms with Crippen LogP contribution in [0.2, 0.25) is 0 Å². The summed E-state index contributed by atoms with van der Waals surface area (Å²) in [6, 6.07) is 7.40. The molecular weight excluding hydrogens is 356 g/mol. The Labute approximate surface area is 159 Å². The number of nitrogens with zero attached hydrogens (tertiary/aromatic N) is 6. The summed E-state index contributed by atoms with van der Waals surface area (Å²) in [5.74, 6) is 1.04. The number of aromatic amines is 2. The first kappa shape index (κ1) is 16.5. The first-order valence-corrected chi connectivity index (χ1v) is 9.21. The van der Waals surface area contributed by atoms with E-state index in [1.165, 1.54) is 0 Å². The van der Waals surface area contributed by atoms with Gasteiger partial charge in [-0.1, -0.05) is 6.92 Å². The van der Waals surface area contributed by atoms with Gasteiger partial charge in [0.15, 0.2) is 11.5 Å². The number of rotatable bonds is 2. The second kappa shape index (κ2) is 6.20. The lowest BCUT2D eigenvalue weighted by molar-refractivity contribution is 0.298. The lowest BCUT2D eigenvalue weighted by Crippen LogP contribution is -2.43. The van der Waals surface area contributed by atoms with E-state index in [1.807, 2.05) is 29.0 Å². The summed E-state index contributed by atoms with van der Waals surface area (Å²) in [5.41, 5.74) is 2.54. The molecule has 0 saturated carbocycles. The topological polar surface area (TPSA) is 119 Å². The number of H-pyrrole nitrogens is 2. The molecule has 2 N–H and O–H groups in total. The highest BCUT2D eigenvalue weighted by Gasteiger charge is 2.31. The lowest BCUT2D eigenvalue weighted by Gasteiger charge is -2.38. The highest BCUT2D eigenvalue weighted by Crippen LogP contribution is 2.32. The van der Waals surface area contributed by atoms with Crippen LogP contribution in [0, 0.1) is 17.2 Å². The third-order valence-corrected chi connectivity index (χ3v) is 5.60. The maximum Gasteiger partial charge on any atom is 0.326 e. The third-order valence-electron chi connectivity index (χ3n) is 5.60. The van der Waals surface area contributed by atoms with Gasteiger partial charge in [-0.05, 0) is 30.5 Å². The van der Waals surface area contributed by atoms with Crippen molar-refractivity contribution in [1.29, 1.82) is 5.26 Å². The number of anilines is 1. The van der Waals surface area contributed by atoms with Gasteiger partial charge in [0, 0.05) is 24.7 Å². The standard InChI is InChI=1S/C19H18N8O/c1-11-5-7-26(16-3-2-12(8-20)24-25-16)10-15(11)27-17-13-4-6-21-18(13)22-9-14(17)23-19(27)28/h2-4,6,9,11,15H,5,7,10H2,1H3,(H,21,22)(H,23,28)/t11-,15+/m1/s1. The minimum absolute atomic E-state index is 0.0204. The van der Waals surface area contributed by atoms with Crippen LogP contribution in [0.4, 0.5) is 5.82 Å². The van der Waals surface area contributed by atoms with E-state index in [0.717, 1.165) is 40.9 Å². The number of nitrogens with one attached hydrogen (secondary N) is 2. The fraction of sp³-hybridized carbons (Fsp3) is 0.316. The molecule has 0 amide bonds. The van der Waals surface area contributed by atoms with Gasteiger partial charge in [-0.15, -0.1) is 10.2 Å². The number of pyridine rings is 1. The zero-order chi connectivity index (χ0) is 19.3. The molecule has 0 spiro atoms. The van der Waals surface area contributed by atoms with E-state index in [9.17, 15) is 4.79 Å². The normalized spacial score (nSPS) is 19.9. The minimum Gasteiger partial charge on any atom is -0.353 e. The first-order valence-electron chi connectivity index (χ1n) is 9.21. The molecule has 0 radical (unpaired) electrons. The molecule has 4 aromatic rings. The van der Waals surface area contributed by atoms with Crippen molar-refractivity contribution in [1.82, 2.24) is 29.7 Å². The molecule has 4 aromatic heterocycles. The predicted molar refractivity (Wildman–Crippen MR) is 104 cm³/mol. The van der Waals surface area contributed by atoms with Crippen molar-refractivity contribution in [2.45, 2.75) is 19.4 Å². The second-order valence-corrected chi connectivity index (χ2v) is 7.23. The molecule has 9 nitrogen and oxygen atoms in total. The molecule has 0 aliphatic carbocycles. The Morgan fingerprint density at radius 1 is 1.29 bits per heavy atom. The Balaban J connectivity index is 1.59. The quantitative estimate of drug-likeness (QED) is 0.553. The summed E-state index contributed by atoms with van der Waals surface area (Å²) in [6.07, 6.45) is 4.46. The minimum atomic E-state index is -0.130. The predicted octanol–water partition coefficient (Wildman–Crippen LogP) is 1.96. The van der Waals surface area contributed by atoms with Crippen molar-refractivity contribution >= 4 is 27.9 Å². The maximum atomic E-state index is 12.9. The summed E-state index contributed by atoms with van der Waals surface area (Å²) < 4.78 is 1.86. The van der Waals surface area contributed by atoms with Gasteiger partial charge in [-0.3, -0.25) is 4.57 Å². The molecule has 0 aromatic carbocycles. The molecule has 5 heterocycles. The van der Waals surface area contributed by atoms with E-state index >= 15 is 0 Å². The number of imidazole rings is 1. The van der Waals surface area contributed by atoms with E-state index in [0.29, 0.717) is 18.2 Å². The molecule has 0 unspecified atom stereocenters. The molecule has 1 aliphatic rings. The zero-order valence-electron chi connectivity index (χ0n) is 15.3. The monoisotopic (exact) mass is 374 g/mol. The van der Waals surface area contributed by atoms with Crippen LogP contribution >= 0.6 is 0 Å². The Morgan fingerprint density at radius 3 is 2.96 bits per heavy atom. The van der Waals surface area contributed by atoms with Gasteiger partial charge in [-0.2, -0.15) is 5.26 Å². The van der Waals surface area contributed by atoms with Gasteiger partial charge < -0.3 is 14.9 Å². The van der Waals surface area contributed by atoms with E-state index in [4.69, 9.17) is 5.26 Å². The second-order valence-electron chi connectivity index (χ2n) is 7.23. The Hall–Kier alpha value is -3.67. The maximum absolute atomic E-state index is 12.9. The Bertz CT molecular complexity index is 1260. The number of fused-ring (bicyclic) bond motifs is 3. The van der Waals surface area contributed by atoms with Crippen LogP contribution in [0.3, 0.4) is 0 Å². The largest absolute Gasteiger partial charge is 0.353 e. The SMILES string of the molecule is C[C@@H]1CCN(c2ccc(C#N)nn2)C[C@@H]1n1c(=O)[nH]c2cnc3[nH]ccc3c21. The fourth-order valence-electron chi connectivity index (χ4n) is 4.08. The van der Waals surface area contributed by atoms with E-state index in [2.05, 4.69) is 37.0 Å². The van der Waals surface area contributed by atoms with E-state index in [1.54, 1.807) is 12.3 Å². The van der Waals surface area contributed by atoms with Gasteiger partial charge in [0.05, 0.1) is 23.3 Å². The van der Waals surface area contributed by atoms with E-state index < -0.39 is 0 Å². The summed E-state index contributed by atoms with van der Waals surface area (Å²) >= 11 is 0. The van der Waals surface area contributed by atoms with Crippen LogP contribution in [0.1, 0.15) is 25.1 Å². The summed E-state index contributed by atoms with van der Waals surface area (Å²) in [4.78, 5) is 25.4. The van der Waals surface area contributed by atoms with Crippen LogP contribution in [0.15, 0.2) is 35.4 Å². The average Bonchev–Trinajstić information content (AvgIpc) is 3.32. The van der Waals surface area contributed by atoms with Crippen molar-refractivity contribution < 1.29 is 0 Å². The van der Waals surface area contributed by atoms with Crippen molar-refractivity contribution in [2.24, 2.45) is 5.92 Å².